The molecule has 0 spiro atoms. The van der Waals surface area contributed by atoms with Crippen molar-refractivity contribution < 1.29 is 23.9 Å². The van der Waals surface area contributed by atoms with Crippen molar-refractivity contribution in [3.8, 4) is 11.5 Å². The smallest absolute Gasteiger partial charge is 0.329 e. The van der Waals surface area contributed by atoms with Crippen molar-refractivity contribution in [2.24, 2.45) is 5.10 Å². The minimum atomic E-state index is -1.01. The summed E-state index contributed by atoms with van der Waals surface area (Å²) in [5, 5.41) is 9.31. The van der Waals surface area contributed by atoms with Crippen LogP contribution in [0.25, 0.3) is 0 Å². The number of nitrogens with zero attached hydrogens (tertiary/aromatic N) is 1. The lowest BCUT2D eigenvalue weighted by Crippen LogP contribution is -2.32. The van der Waals surface area contributed by atoms with E-state index in [9.17, 15) is 14.4 Å². The molecule has 0 aromatic heterocycles. The van der Waals surface area contributed by atoms with Gasteiger partial charge in [0.15, 0.2) is 18.1 Å². The first kappa shape index (κ1) is 29.7. The number of carbonyl (C=O) groups excluding carboxylic acids is 3. The molecule has 0 atom stereocenters. The maximum absolute atomic E-state index is 12.4. The lowest BCUT2D eigenvalue weighted by Gasteiger charge is -2.14. The van der Waals surface area contributed by atoms with Crippen LogP contribution in [0.1, 0.15) is 11.1 Å². The highest BCUT2D eigenvalue weighted by molar-refractivity contribution is 14.1. The van der Waals surface area contributed by atoms with Gasteiger partial charge in [0, 0.05) is 10.2 Å². The highest BCUT2D eigenvalue weighted by Crippen LogP contribution is 2.34. The quantitative estimate of drug-likeness (QED) is 0.117. The summed E-state index contributed by atoms with van der Waals surface area (Å²) >= 11 is 17.4. The van der Waals surface area contributed by atoms with Crippen LogP contribution >= 0.6 is 61.7 Å². The molecule has 3 aromatic rings. The van der Waals surface area contributed by atoms with Gasteiger partial charge in [0.25, 0.3) is 5.91 Å². The van der Waals surface area contributed by atoms with Crippen molar-refractivity contribution in [2.75, 3.05) is 24.4 Å². The second-order valence-electron chi connectivity index (χ2n) is 7.59. The van der Waals surface area contributed by atoms with Crippen molar-refractivity contribution in [3.05, 3.63) is 77.7 Å². The SMILES string of the molecule is COc1cc(/C=N\NC(=O)C(=O)Nc2cccc(Cl)c2Cl)cc(I)c1OCC(=O)Nc1ccc(Br)c(C)c1. The normalized spacial score (nSPS) is 10.7. The summed E-state index contributed by atoms with van der Waals surface area (Å²) in [6.07, 6.45) is 1.33. The Morgan fingerprint density at radius 3 is 2.55 bits per heavy atom. The number of amides is 3. The highest BCUT2D eigenvalue weighted by atomic mass is 127. The molecule has 0 bridgehead atoms. The van der Waals surface area contributed by atoms with E-state index in [1.807, 2.05) is 41.6 Å². The van der Waals surface area contributed by atoms with Gasteiger partial charge in [0.2, 0.25) is 0 Å². The van der Waals surface area contributed by atoms with Crippen LogP contribution in [0, 0.1) is 10.5 Å². The fourth-order valence-corrected chi connectivity index (χ4v) is 4.38. The van der Waals surface area contributed by atoms with Gasteiger partial charge < -0.3 is 20.1 Å². The van der Waals surface area contributed by atoms with Crippen molar-refractivity contribution >= 4 is 97.0 Å². The maximum Gasteiger partial charge on any atom is 0.329 e. The summed E-state index contributed by atoms with van der Waals surface area (Å²) in [5.41, 5.74) is 4.52. The van der Waals surface area contributed by atoms with Crippen molar-refractivity contribution in [1.82, 2.24) is 5.43 Å². The Labute approximate surface area is 250 Å². The predicted octanol–water partition coefficient (Wildman–Crippen LogP) is 5.78. The van der Waals surface area contributed by atoms with Gasteiger partial charge in [-0.25, -0.2) is 5.43 Å². The van der Waals surface area contributed by atoms with Gasteiger partial charge in [-0.15, -0.1) is 0 Å². The minimum absolute atomic E-state index is 0.115. The zero-order chi connectivity index (χ0) is 27.8. The summed E-state index contributed by atoms with van der Waals surface area (Å²) in [5.74, 6) is -1.60. The van der Waals surface area contributed by atoms with E-state index in [4.69, 9.17) is 32.7 Å². The molecule has 3 rings (SSSR count). The minimum Gasteiger partial charge on any atom is -0.493 e. The zero-order valence-corrected chi connectivity index (χ0v) is 25.2. The van der Waals surface area contributed by atoms with Crippen LogP contribution in [0.15, 0.2) is 58.1 Å². The number of anilines is 2. The first-order chi connectivity index (χ1) is 18.1. The van der Waals surface area contributed by atoms with Gasteiger partial charge in [-0.1, -0.05) is 45.2 Å². The number of halogens is 4. The molecule has 0 radical (unpaired) electrons. The molecule has 198 valence electrons. The lowest BCUT2D eigenvalue weighted by atomic mass is 10.2. The standard InChI is InChI=1S/C25H20BrCl2IN4O5/c1-13-8-15(6-7-16(13)26)31-21(34)12-38-23-18(29)9-14(10-20(23)37-2)11-30-33-25(36)24(35)32-19-5-3-4-17(27)22(19)28/h3-11H,12H2,1-2H3,(H,31,34)(H,32,35)(H,33,36)/b30-11-. The molecule has 13 heteroatoms. The van der Waals surface area contributed by atoms with E-state index in [-0.39, 0.29) is 28.2 Å². The molecule has 3 N–H and O–H groups in total. The van der Waals surface area contributed by atoms with Gasteiger partial charge in [0.05, 0.1) is 32.6 Å². The van der Waals surface area contributed by atoms with Crippen molar-refractivity contribution in [3.63, 3.8) is 0 Å². The monoisotopic (exact) mass is 732 g/mol. The maximum atomic E-state index is 12.4. The molecule has 0 aliphatic carbocycles. The first-order valence-electron chi connectivity index (χ1n) is 10.7. The number of benzene rings is 3. The molecule has 3 aromatic carbocycles. The van der Waals surface area contributed by atoms with Gasteiger partial charge in [-0.2, -0.15) is 5.10 Å². The van der Waals surface area contributed by atoms with Crippen LogP contribution in [0.5, 0.6) is 11.5 Å². The Morgan fingerprint density at radius 1 is 1.08 bits per heavy atom. The number of carbonyl (C=O) groups is 3. The Balaban J connectivity index is 1.59. The molecular weight excluding hydrogens is 714 g/mol. The van der Waals surface area contributed by atoms with Gasteiger partial charge in [0.1, 0.15) is 0 Å². The predicted molar refractivity (Wildman–Crippen MR) is 160 cm³/mol. The van der Waals surface area contributed by atoms with Crippen LogP contribution in [0.4, 0.5) is 11.4 Å². The summed E-state index contributed by atoms with van der Waals surface area (Å²) in [6.45, 7) is 1.68. The average molecular weight is 734 g/mol. The van der Waals surface area contributed by atoms with Crippen molar-refractivity contribution in [2.45, 2.75) is 6.92 Å². The molecule has 0 fully saturated rings. The summed E-state index contributed by atoms with van der Waals surface area (Å²) in [4.78, 5) is 36.6. The molecular formula is C25H20BrCl2IN4O5. The van der Waals surface area contributed by atoms with Gasteiger partial charge in [-0.3, -0.25) is 14.4 Å². The van der Waals surface area contributed by atoms with Gasteiger partial charge >= 0.3 is 11.8 Å². The molecule has 38 heavy (non-hydrogen) atoms. The Morgan fingerprint density at radius 2 is 1.84 bits per heavy atom. The molecule has 0 heterocycles. The van der Waals surface area contributed by atoms with E-state index in [2.05, 4.69) is 37.1 Å². The number of hydrogen-bond acceptors (Lipinski definition) is 6. The molecule has 9 nitrogen and oxygen atoms in total. The van der Waals surface area contributed by atoms with Gasteiger partial charge in [-0.05, 0) is 83.1 Å². The van der Waals surface area contributed by atoms with E-state index < -0.39 is 11.8 Å². The lowest BCUT2D eigenvalue weighted by molar-refractivity contribution is -0.136. The third-order valence-electron chi connectivity index (χ3n) is 4.83. The molecule has 0 aliphatic rings. The number of nitrogens with one attached hydrogen (secondary N) is 3. The summed E-state index contributed by atoms with van der Waals surface area (Å²) < 4.78 is 12.7. The number of ether oxygens (including phenoxy) is 2. The zero-order valence-electron chi connectivity index (χ0n) is 19.9. The number of methoxy groups -OCH3 is 1. The average Bonchev–Trinajstić information content (AvgIpc) is 2.87. The number of hydrazone groups is 1. The van der Waals surface area contributed by atoms with Crippen LogP contribution in [-0.2, 0) is 14.4 Å². The molecule has 0 aliphatic heterocycles. The number of rotatable bonds is 8. The molecule has 0 unspecified atom stereocenters. The third kappa shape index (κ3) is 8.06. The Kier molecular flexibility index (Phi) is 10.8. The van der Waals surface area contributed by atoms with Crippen LogP contribution in [-0.4, -0.2) is 37.7 Å². The fraction of sp³-hybridized carbons (Fsp3) is 0.120. The van der Waals surface area contributed by atoms with Crippen molar-refractivity contribution in [1.29, 1.82) is 0 Å². The van der Waals surface area contributed by atoms with E-state index >= 15 is 0 Å². The summed E-state index contributed by atoms with van der Waals surface area (Å²) in [6, 6.07) is 13.4. The summed E-state index contributed by atoms with van der Waals surface area (Å²) in [7, 11) is 1.46. The second kappa shape index (κ2) is 13.8. The highest BCUT2D eigenvalue weighted by Gasteiger charge is 2.16. The van der Waals surface area contributed by atoms with E-state index in [1.54, 1.807) is 30.3 Å². The number of hydrogen-bond donors (Lipinski definition) is 3. The topological polar surface area (TPSA) is 118 Å². The molecule has 0 saturated heterocycles. The Hall–Kier alpha value is -2.87. The van der Waals surface area contributed by atoms with Crippen LogP contribution < -0.4 is 25.5 Å². The molecule has 3 amide bonds. The first-order valence-corrected chi connectivity index (χ1v) is 13.4. The van der Waals surface area contributed by atoms with E-state index in [1.165, 1.54) is 19.4 Å². The van der Waals surface area contributed by atoms with E-state index in [0.29, 0.717) is 26.3 Å². The fourth-order valence-electron chi connectivity index (χ4n) is 3.01. The van der Waals surface area contributed by atoms with Crippen LogP contribution in [0.2, 0.25) is 10.0 Å². The Bertz CT molecular complexity index is 1420. The second-order valence-corrected chi connectivity index (χ2v) is 10.4. The van der Waals surface area contributed by atoms with Crippen LogP contribution in [0.3, 0.4) is 0 Å². The third-order valence-corrected chi connectivity index (χ3v) is 7.34. The van der Waals surface area contributed by atoms with E-state index in [0.717, 1.165) is 10.0 Å². The largest absolute Gasteiger partial charge is 0.493 e. The molecule has 0 saturated carbocycles. The number of aryl methyl sites for hydroxylation is 1.